The van der Waals surface area contributed by atoms with E-state index in [1.807, 2.05) is 30.0 Å². The maximum Gasteiger partial charge on any atom is 0.240 e. The molecule has 6 rings (SSSR count). The van der Waals surface area contributed by atoms with E-state index in [1.165, 1.54) is 11.1 Å². The number of aryl methyl sites for hydroxylation is 1. The number of likely N-dealkylation sites (tertiary alicyclic amines) is 3. The molecule has 2 aliphatic carbocycles. The van der Waals surface area contributed by atoms with E-state index in [1.54, 1.807) is 0 Å². The zero-order valence-electron chi connectivity index (χ0n) is 18.3. The molecule has 0 aromatic heterocycles. The van der Waals surface area contributed by atoms with Gasteiger partial charge < -0.3 is 9.80 Å². The molecule has 3 aliphatic heterocycles. The maximum atomic E-state index is 13.4. The van der Waals surface area contributed by atoms with E-state index in [9.17, 15) is 14.9 Å². The monoisotopic (exact) mass is 429 g/mol. The van der Waals surface area contributed by atoms with Crippen LogP contribution in [-0.2, 0) is 16.0 Å². The number of rotatable bonds is 4. The average molecular weight is 430 g/mol. The SMILES string of the molecule is [C-]#[N+]c1ccc2c(c1)CC[C@@H]2N1C(=O)[C@H]2C[C@@H]1CN2C[C@H](C)C(=O)N1C2C[C@H]2C[C@H]1C#N. The van der Waals surface area contributed by atoms with Crippen molar-refractivity contribution in [1.29, 1.82) is 5.26 Å². The number of hydrogen-bond acceptors (Lipinski definition) is 4. The lowest BCUT2D eigenvalue weighted by molar-refractivity contribution is -0.142. The van der Waals surface area contributed by atoms with Crippen LogP contribution >= 0.6 is 0 Å². The lowest BCUT2D eigenvalue weighted by atomic mass is 10.0. The normalized spacial score (nSPS) is 35.4. The summed E-state index contributed by atoms with van der Waals surface area (Å²) in [6.07, 6.45) is 4.53. The first-order valence-corrected chi connectivity index (χ1v) is 11.8. The van der Waals surface area contributed by atoms with E-state index in [4.69, 9.17) is 6.57 Å². The summed E-state index contributed by atoms with van der Waals surface area (Å²) in [5, 5.41) is 9.42. The summed E-state index contributed by atoms with van der Waals surface area (Å²) in [7, 11) is 0. The molecule has 7 atom stereocenters. The van der Waals surface area contributed by atoms with Gasteiger partial charge in [0.25, 0.3) is 0 Å². The molecule has 5 aliphatic rings. The van der Waals surface area contributed by atoms with Crippen LogP contribution in [0.5, 0.6) is 0 Å². The van der Waals surface area contributed by atoms with Crippen LogP contribution < -0.4 is 0 Å². The van der Waals surface area contributed by atoms with Crippen molar-refractivity contribution in [3.05, 3.63) is 40.7 Å². The van der Waals surface area contributed by atoms with Crippen molar-refractivity contribution in [3.63, 3.8) is 0 Å². The van der Waals surface area contributed by atoms with Crippen LogP contribution in [-0.4, -0.2) is 63.8 Å². The summed E-state index contributed by atoms with van der Waals surface area (Å²) in [5.74, 6) is 0.583. The highest BCUT2D eigenvalue weighted by Gasteiger charge is 2.56. The van der Waals surface area contributed by atoms with Gasteiger partial charge in [-0.3, -0.25) is 14.5 Å². The molecule has 0 radical (unpaired) electrons. The number of amides is 2. The molecule has 2 bridgehead atoms. The molecule has 7 heteroatoms. The minimum Gasteiger partial charge on any atom is -0.330 e. The van der Waals surface area contributed by atoms with Gasteiger partial charge in [0.15, 0.2) is 5.69 Å². The predicted octanol–water partition coefficient (Wildman–Crippen LogP) is 2.66. The summed E-state index contributed by atoms with van der Waals surface area (Å²) in [5.41, 5.74) is 3.06. The first-order chi connectivity index (χ1) is 15.5. The van der Waals surface area contributed by atoms with E-state index >= 15 is 0 Å². The molecule has 4 fully saturated rings. The second-order valence-corrected chi connectivity index (χ2v) is 10.2. The van der Waals surface area contributed by atoms with Crippen LogP contribution in [0.4, 0.5) is 5.69 Å². The molecule has 1 aromatic rings. The lowest BCUT2D eigenvalue weighted by Crippen LogP contribution is -2.53. The molecule has 1 unspecified atom stereocenters. The number of carbonyl (C=O) groups is 2. The third-order valence-electron chi connectivity index (χ3n) is 8.39. The van der Waals surface area contributed by atoms with Crippen LogP contribution in [0.2, 0.25) is 0 Å². The van der Waals surface area contributed by atoms with E-state index in [0.717, 1.165) is 38.6 Å². The van der Waals surface area contributed by atoms with Crippen LogP contribution in [0.3, 0.4) is 0 Å². The maximum absolute atomic E-state index is 13.4. The molecule has 164 valence electrons. The molecule has 0 spiro atoms. The Balaban J connectivity index is 1.13. The van der Waals surface area contributed by atoms with Crippen LogP contribution in [0.25, 0.3) is 4.85 Å². The standard InChI is InChI=1S/C25H27N5O2/c1-14(24(31)29-18(11-26)8-16-9-22(16)29)12-28-13-19-10-23(28)25(32)30(19)21-6-3-15-7-17(27-2)4-5-20(15)21/h4-5,7,14,16,18-19,21-23H,3,6,8-10,12-13H2,1H3/t14-,16+,18-,19+,21-,22?,23+/m0/s1. The van der Waals surface area contributed by atoms with Crippen molar-refractivity contribution in [2.75, 3.05) is 13.1 Å². The minimum atomic E-state index is -0.272. The second-order valence-electron chi connectivity index (χ2n) is 10.2. The third kappa shape index (κ3) is 2.81. The highest BCUT2D eigenvalue weighted by molar-refractivity contribution is 5.87. The molecule has 1 saturated carbocycles. The zero-order chi connectivity index (χ0) is 22.1. The number of benzene rings is 1. The minimum absolute atomic E-state index is 0.0777. The van der Waals surface area contributed by atoms with Crippen molar-refractivity contribution >= 4 is 17.5 Å². The van der Waals surface area contributed by atoms with E-state index in [-0.39, 0.29) is 47.9 Å². The summed E-state index contributed by atoms with van der Waals surface area (Å²) in [4.78, 5) is 36.2. The Morgan fingerprint density at radius 2 is 2.16 bits per heavy atom. The van der Waals surface area contributed by atoms with Crippen LogP contribution in [0.1, 0.15) is 49.8 Å². The number of carbonyl (C=O) groups excluding carboxylic acids is 2. The fourth-order valence-corrected chi connectivity index (χ4v) is 6.81. The van der Waals surface area contributed by atoms with Crippen molar-refractivity contribution < 1.29 is 9.59 Å². The van der Waals surface area contributed by atoms with Crippen molar-refractivity contribution in [1.82, 2.24) is 14.7 Å². The molecule has 7 nitrogen and oxygen atoms in total. The molecule has 3 saturated heterocycles. The Morgan fingerprint density at radius 1 is 1.31 bits per heavy atom. The molecular weight excluding hydrogens is 402 g/mol. The summed E-state index contributed by atoms with van der Waals surface area (Å²) >= 11 is 0. The molecule has 1 aromatic carbocycles. The largest absolute Gasteiger partial charge is 0.330 e. The summed E-state index contributed by atoms with van der Waals surface area (Å²) < 4.78 is 0. The number of piperidine rings is 1. The number of fused-ring (bicyclic) bond motifs is 4. The van der Waals surface area contributed by atoms with Gasteiger partial charge in [-0.15, -0.1) is 0 Å². The quantitative estimate of drug-likeness (QED) is 0.690. The smallest absolute Gasteiger partial charge is 0.240 e. The van der Waals surface area contributed by atoms with Crippen molar-refractivity contribution in [2.24, 2.45) is 11.8 Å². The molecular formula is C25H27N5O2. The highest BCUT2D eigenvalue weighted by Crippen LogP contribution is 2.48. The summed E-state index contributed by atoms with van der Waals surface area (Å²) in [6.45, 7) is 10.6. The Labute approximate surface area is 188 Å². The fourth-order valence-electron chi connectivity index (χ4n) is 6.81. The molecule has 0 N–H and O–H groups in total. The van der Waals surface area contributed by atoms with Crippen molar-refractivity contribution in [2.45, 2.75) is 69.2 Å². The molecule has 3 heterocycles. The van der Waals surface area contributed by atoms with Gasteiger partial charge in [0, 0.05) is 31.1 Å². The second kappa shape index (κ2) is 7.05. The zero-order valence-corrected chi connectivity index (χ0v) is 18.3. The number of nitrogens with zero attached hydrogens (tertiary/aromatic N) is 5. The van der Waals surface area contributed by atoms with Gasteiger partial charge in [-0.05, 0) is 43.6 Å². The van der Waals surface area contributed by atoms with E-state index in [2.05, 4.69) is 20.7 Å². The number of piperazine rings is 1. The van der Waals surface area contributed by atoms with Gasteiger partial charge in [-0.2, -0.15) is 5.26 Å². The van der Waals surface area contributed by atoms with Gasteiger partial charge in [0.05, 0.1) is 24.7 Å². The van der Waals surface area contributed by atoms with Crippen LogP contribution in [0.15, 0.2) is 18.2 Å². The highest BCUT2D eigenvalue weighted by atomic mass is 16.2. The van der Waals surface area contributed by atoms with Gasteiger partial charge in [-0.25, -0.2) is 4.85 Å². The molecule has 32 heavy (non-hydrogen) atoms. The van der Waals surface area contributed by atoms with Gasteiger partial charge in [-0.1, -0.05) is 30.7 Å². The van der Waals surface area contributed by atoms with E-state index in [0.29, 0.717) is 18.2 Å². The average Bonchev–Trinajstić information content (AvgIpc) is 3.14. The molecule has 2 amide bonds. The Kier molecular flexibility index (Phi) is 4.35. The Morgan fingerprint density at radius 3 is 2.91 bits per heavy atom. The van der Waals surface area contributed by atoms with Gasteiger partial charge >= 0.3 is 0 Å². The first kappa shape index (κ1) is 19.8. The van der Waals surface area contributed by atoms with Gasteiger partial charge in [0.1, 0.15) is 6.04 Å². The Hall–Kier alpha value is -2.90. The Bertz CT molecular complexity index is 1090. The van der Waals surface area contributed by atoms with Crippen LogP contribution in [0, 0.1) is 29.7 Å². The first-order valence-electron chi connectivity index (χ1n) is 11.8. The summed E-state index contributed by atoms with van der Waals surface area (Å²) in [6, 6.07) is 8.33. The number of hydrogen-bond donors (Lipinski definition) is 0. The predicted molar refractivity (Wildman–Crippen MR) is 116 cm³/mol. The van der Waals surface area contributed by atoms with Gasteiger partial charge in [0.2, 0.25) is 11.8 Å². The lowest BCUT2D eigenvalue weighted by Gasteiger charge is -2.39. The topological polar surface area (TPSA) is 72.0 Å². The van der Waals surface area contributed by atoms with Crippen molar-refractivity contribution in [3.8, 4) is 6.07 Å². The number of nitriles is 1. The van der Waals surface area contributed by atoms with E-state index < -0.39 is 0 Å². The third-order valence-corrected chi connectivity index (χ3v) is 8.39. The fraction of sp³-hybridized carbons (Fsp3) is 0.600.